The van der Waals surface area contributed by atoms with E-state index in [0.29, 0.717) is 17.9 Å². The first kappa shape index (κ1) is 14.5. The van der Waals surface area contributed by atoms with Gasteiger partial charge in [-0.15, -0.1) is 0 Å². The Kier molecular flexibility index (Phi) is 3.81. The summed E-state index contributed by atoms with van der Waals surface area (Å²) in [7, 11) is 1.44. The average molecular weight is 303 g/mol. The molecule has 2 unspecified atom stereocenters. The maximum Gasteiger partial charge on any atom is 0.324 e. The molecule has 0 radical (unpaired) electrons. The second-order valence-corrected chi connectivity index (χ2v) is 5.39. The number of nitrogens with zero attached hydrogens (tertiary/aromatic N) is 1. The molecule has 2 fully saturated rings. The lowest BCUT2D eigenvalue weighted by Crippen LogP contribution is -2.26. The Morgan fingerprint density at radius 2 is 2.05 bits per heavy atom. The minimum absolute atomic E-state index is 0.157. The SMILES string of the molecule is CN1C(=O)NC(c2ccc(NC(=O)C3CCCO3)cc2)C1=O. The van der Waals surface area contributed by atoms with Gasteiger partial charge in [-0.25, -0.2) is 4.79 Å². The molecule has 2 heterocycles. The van der Waals surface area contributed by atoms with Gasteiger partial charge in [0.1, 0.15) is 12.1 Å². The summed E-state index contributed by atoms with van der Waals surface area (Å²) in [5, 5.41) is 5.39. The molecule has 4 amide bonds. The van der Waals surface area contributed by atoms with E-state index >= 15 is 0 Å². The van der Waals surface area contributed by atoms with Crippen LogP contribution < -0.4 is 10.6 Å². The molecule has 22 heavy (non-hydrogen) atoms. The summed E-state index contributed by atoms with van der Waals surface area (Å²) < 4.78 is 5.32. The Hall–Kier alpha value is -2.41. The van der Waals surface area contributed by atoms with Gasteiger partial charge in [0, 0.05) is 19.3 Å². The lowest BCUT2D eigenvalue weighted by atomic mass is 10.1. The molecule has 7 heteroatoms. The van der Waals surface area contributed by atoms with Gasteiger partial charge in [-0.3, -0.25) is 14.5 Å². The van der Waals surface area contributed by atoms with Crippen LogP contribution in [-0.4, -0.2) is 42.5 Å². The van der Waals surface area contributed by atoms with Gasteiger partial charge in [-0.1, -0.05) is 12.1 Å². The first-order chi connectivity index (χ1) is 10.6. The van der Waals surface area contributed by atoms with Crippen LogP contribution in [0, 0.1) is 0 Å². The second kappa shape index (κ2) is 5.76. The number of hydrogen-bond donors (Lipinski definition) is 2. The third-order valence-corrected chi connectivity index (χ3v) is 3.88. The zero-order valence-electron chi connectivity index (χ0n) is 12.2. The number of carbonyl (C=O) groups is 3. The highest BCUT2D eigenvalue weighted by molar-refractivity contribution is 6.04. The monoisotopic (exact) mass is 303 g/mol. The van der Waals surface area contributed by atoms with Crippen molar-refractivity contribution < 1.29 is 19.1 Å². The van der Waals surface area contributed by atoms with Gasteiger partial charge >= 0.3 is 6.03 Å². The fraction of sp³-hybridized carbons (Fsp3) is 0.400. The number of hydrogen-bond acceptors (Lipinski definition) is 4. The van der Waals surface area contributed by atoms with E-state index in [-0.39, 0.29) is 17.9 Å². The predicted molar refractivity (Wildman–Crippen MR) is 78.1 cm³/mol. The number of ether oxygens (including phenoxy) is 1. The molecule has 2 atom stereocenters. The highest BCUT2D eigenvalue weighted by atomic mass is 16.5. The van der Waals surface area contributed by atoms with Crippen molar-refractivity contribution in [3.05, 3.63) is 29.8 Å². The molecule has 2 aliphatic rings. The van der Waals surface area contributed by atoms with E-state index in [1.54, 1.807) is 24.3 Å². The van der Waals surface area contributed by atoms with Crippen molar-refractivity contribution in [3.63, 3.8) is 0 Å². The van der Waals surface area contributed by atoms with E-state index in [1.165, 1.54) is 7.05 Å². The first-order valence-corrected chi connectivity index (χ1v) is 7.17. The molecule has 2 aliphatic heterocycles. The summed E-state index contributed by atoms with van der Waals surface area (Å²) in [6.07, 6.45) is 1.25. The van der Waals surface area contributed by atoms with Gasteiger partial charge in [0.15, 0.2) is 0 Å². The summed E-state index contributed by atoms with van der Waals surface area (Å²) >= 11 is 0. The van der Waals surface area contributed by atoms with Crippen LogP contribution in [0.2, 0.25) is 0 Å². The third kappa shape index (κ3) is 2.67. The van der Waals surface area contributed by atoms with Crippen LogP contribution in [0.5, 0.6) is 0 Å². The number of carbonyl (C=O) groups excluding carboxylic acids is 3. The van der Waals surface area contributed by atoms with E-state index < -0.39 is 12.1 Å². The molecule has 1 aromatic carbocycles. The number of likely N-dealkylation sites (N-methyl/N-ethyl adjacent to an activating group) is 1. The fourth-order valence-electron chi connectivity index (χ4n) is 2.57. The van der Waals surface area contributed by atoms with Crippen LogP contribution in [0.1, 0.15) is 24.4 Å². The minimum atomic E-state index is -0.666. The molecular formula is C15H17N3O4. The Bertz CT molecular complexity index is 608. The van der Waals surface area contributed by atoms with Crippen molar-refractivity contribution in [1.29, 1.82) is 0 Å². The molecule has 0 bridgehead atoms. The highest BCUT2D eigenvalue weighted by Crippen LogP contribution is 2.23. The number of rotatable bonds is 3. The Morgan fingerprint density at radius 3 is 2.59 bits per heavy atom. The van der Waals surface area contributed by atoms with Crippen LogP contribution in [0.15, 0.2) is 24.3 Å². The maximum atomic E-state index is 11.9. The average Bonchev–Trinajstić information content (AvgIpc) is 3.13. The zero-order valence-corrected chi connectivity index (χ0v) is 12.2. The number of amides is 4. The minimum Gasteiger partial charge on any atom is -0.368 e. The zero-order chi connectivity index (χ0) is 15.7. The molecule has 2 N–H and O–H groups in total. The largest absolute Gasteiger partial charge is 0.368 e. The Morgan fingerprint density at radius 1 is 1.32 bits per heavy atom. The Labute approximate surface area is 127 Å². The van der Waals surface area contributed by atoms with Crippen LogP contribution in [0.3, 0.4) is 0 Å². The van der Waals surface area contributed by atoms with Gasteiger partial charge in [0.05, 0.1) is 0 Å². The van der Waals surface area contributed by atoms with Crippen molar-refractivity contribution in [2.24, 2.45) is 0 Å². The van der Waals surface area contributed by atoms with Gasteiger partial charge in [-0.2, -0.15) is 0 Å². The fourth-order valence-corrected chi connectivity index (χ4v) is 2.57. The predicted octanol–water partition coefficient (Wildman–Crippen LogP) is 1.03. The van der Waals surface area contributed by atoms with E-state index in [1.807, 2.05) is 0 Å². The summed E-state index contributed by atoms with van der Waals surface area (Å²) in [4.78, 5) is 36.4. The normalized spacial score (nSPS) is 24.5. The molecule has 0 aromatic heterocycles. The topological polar surface area (TPSA) is 87.7 Å². The van der Waals surface area contributed by atoms with Crippen LogP contribution in [0.4, 0.5) is 10.5 Å². The quantitative estimate of drug-likeness (QED) is 0.816. The number of nitrogens with one attached hydrogen (secondary N) is 2. The first-order valence-electron chi connectivity index (χ1n) is 7.17. The van der Waals surface area contributed by atoms with Crippen LogP contribution in [-0.2, 0) is 14.3 Å². The smallest absolute Gasteiger partial charge is 0.324 e. The van der Waals surface area contributed by atoms with E-state index in [0.717, 1.165) is 17.7 Å². The number of benzene rings is 1. The number of anilines is 1. The lowest BCUT2D eigenvalue weighted by Gasteiger charge is -2.12. The molecule has 116 valence electrons. The van der Waals surface area contributed by atoms with Gasteiger partial charge < -0.3 is 15.4 Å². The van der Waals surface area contributed by atoms with Crippen molar-refractivity contribution in [2.75, 3.05) is 19.0 Å². The van der Waals surface area contributed by atoms with E-state index in [2.05, 4.69) is 10.6 Å². The van der Waals surface area contributed by atoms with Crippen molar-refractivity contribution in [2.45, 2.75) is 25.0 Å². The van der Waals surface area contributed by atoms with Crippen molar-refractivity contribution in [1.82, 2.24) is 10.2 Å². The summed E-state index contributed by atoms with van der Waals surface area (Å²) in [5.41, 5.74) is 1.31. The Balaban J connectivity index is 1.66. The summed E-state index contributed by atoms with van der Waals surface area (Å²) in [6.45, 7) is 0.619. The molecule has 2 saturated heterocycles. The second-order valence-electron chi connectivity index (χ2n) is 5.39. The molecule has 3 rings (SSSR count). The van der Waals surface area contributed by atoms with Crippen LogP contribution >= 0.6 is 0 Å². The lowest BCUT2D eigenvalue weighted by molar-refractivity contribution is -0.126. The van der Waals surface area contributed by atoms with E-state index in [9.17, 15) is 14.4 Å². The molecule has 0 saturated carbocycles. The summed E-state index contributed by atoms with van der Waals surface area (Å²) in [6, 6.07) is 5.77. The van der Waals surface area contributed by atoms with Crippen molar-refractivity contribution in [3.8, 4) is 0 Å². The van der Waals surface area contributed by atoms with Crippen LogP contribution in [0.25, 0.3) is 0 Å². The van der Waals surface area contributed by atoms with Crippen molar-refractivity contribution >= 4 is 23.5 Å². The van der Waals surface area contributed by atoms with Gasteiger partial charge in [-0.05, 0) is 30.5 Å². The van der Waals surface area contributed by atoms with Gasteiger partial charge in [0.2, 0.25) is 0 Å². The molecular weight excluding hydrogens is 286 g/mol. The number of urea groups is 1. The van der Waals surface area contributed by atoms with Gasteiger partial charge in [0.25, 0.3) is 11.8 Å². The van der Waals surface area contributed by atoms with E-state index in [4.69, 9.17) is 4.74 Å². The standard InChI is InChI=1S/C15H17N3O4/c1-18-14(20)12(17-15(18)21)9-4-6-10(7-5-9)16-13(19)11-3-2-8-22-11/h4-7,11-12H,2-3,8H2,1H3,(H,16,19)(H,17,21). The molecule has 1 aromatic rings. The molecule has 0 aliphatic carbocycles. The third-order valence-electron chi connectivity index (χ3n) is 3.88. The number of imide groups is 1. The molecule has 7 nitrogen and oxygen atoms in total. The maximum absolute atomic E-state index is 11.9. The highest BCUT2D eigenvalue weighted by Gasteiger charge is 2.36. The molecule has 0 spiro atoms. The summed E-state index contributed by atoms with van der Waals surface area (Å²) in [5.74, 6) is -0.448.